The summed E-state index contributed by atoms with van der Waals surface area (Å²) in [5.41, 5.74) is 1.81. The van der Waals surface area contributed by atoms with E-state index in [1.54, 1.807) is 23.1 Å². The largest absolute Gasteiger partial charge is 0.455 e. The zero-order valence-electron chi connectivity index (χ0n) is 24.8. The molecule has 4 aliphatic heterocycles. The molecule has 1 spiro atoms. The molecule has 3 amide bonds. The Kier molecular flexibility index (Phi) is 8.13. The lowest BCUT2D eigenvalue weighted by molar-refractivity contribution is -0.159. The Morgan fingerprint density at radius 2 is 1.73 bits per heavy atom. The summed E-state index contributed by atoms with van der Waals surface area (Å²) in [4.78, 5) is 58.5. The van der Waals surface area contributed by atoms with Crippen molar-refractivity contribution < 1.29 is 33.8 Å². The predicted molar refractivity (Wildman–Crippen MR) is 161 cm³/mol. The molecule has 2 N–H and O–H groups in total. The number of cyclic esters (lactones) is 1. The molecule has 6 rings (SSSR count). The van der Waals surface area contributed by atoms with Crippen molar-refractivity contribution in [2.75, 3.05) is 31.1 Å². The van der Waals surface area contributed by atoms with Gasteiger partial charge in [-0.3, -0.25) is 19.2 Å². The molecular weight excluding hydrogens is 562 g/mol. The number of esters is 1. The predicted octanol–water partition coefficient (Wildman–Crippen LogP) is 2.53. The third kappa shape index (κ3) is 5.01. The number of likely N-dealkylation sites (tertiary alicyclic amines) is 1. The van der Waals surface area contributed by atoms with E-state index in [1.807, 2.05) is 68.5 Å². The fraction of sp³-hybridized carbons (Fsp3) is 0.412. The number of β-amino-alcohol motifs (C(OH)–C–C–N with tert-alkyl or cyclic N) is 1. The minimum atomic E-state index is -1.47. The number of aliphatic hydroxyl groups excluding tert-OH is 1. The normalized spacial score (nSPS) is 31.2. The number of fused-ring (bicyclic) bond motifs is 2. The lowest BCUT2D eigenvalue weighted by Gasteiger charge is -2.35. The van der Waals surface area contributed by atoms with Crippen molar-refractivity contribution in [2.24, 2.45) is 11.8 Å². The molecule has 0 aromatic heterocycles. The van der Waals surface area contributed by atoms with E-state index in [9.17, 15) is 24.3 Å². The fourth-order valence-corrected chi connectivity index (χ4v) is 7.19. The number of hydrogen-bond acceptors (Lipinski definition) is 7. The summed E-state index contributed by atoms with van der Waals surface area (Å²) < 4.78 is 12.8. The van der Waals surface area contributed by atoms with Gasteiger partial charge >= 0.3 is 5.97 Å². The molecule has 0 bridgehead atoms. The average molecular weight is 600 g/mol. The summed E-state index contributed by atoms with van der Waals surface area (Å²) in [6.45, 7) is 3.73. The van der Waals surface area contributed by atoms with Crippen LogP contribution in [0.3, 0.4) is 0 Å². The highest BCUT2D eigenvalue weighted by Gasteiger charge is 2.71. The summed E-state index contributed by atoms with van der Waals surface area (Å²) in [6.07, 6.45) is 6.03. The third-order valence-corrected chi connectivity index (χ3v) is 9.09. The van der Waals surface area contributed by atoms with E-state index in [4.69, 9.17) is 9.47 Å². The zero-order chi connectivity index (χ0) is 31.0. The molecule has 6 atom stereocenters. The molecule has 2 fully saturated rings. The maximum Gasteiger partial charge on any atom is 0.313 e. The smallest absolute Gasteiger partial charge is 0.313 e. The van der Waals surface area contributed by atoms with E-state index in [2.05, 4.69) is 5.32 Å². The number of allylic oxidation sites excluding steroid dienone is 1. The number of benzene rings is 2. The Morgan fingerprint density at radius 1 is 0.977 bits per heavy atom. The van der Waals surface area contributed by atoms with Gasteiger partial charge in [-0.05, 0) is 37.0 Å². The minimum Gasteiger partial charge on any atom is -0.455 e. The first kappa shape index (κ1) is 29.8. The summed E-state index contributed by atoms with van der Waals surface area (Å²) in [5.74, 6) is -3.74. The molecule has 4 aliphatic rings. The average Bonchev–Trinajstić information content (AvgIpc) is 3.39. The molecule has 0 unspecified atom stereocenters. The zero-order valence-corrected chi connectivity index (χ0v) is 24.8. The third-order valence-electron chi connectivity index (χ3n) is 9.09. The Labute approximate surface area is 256 Å². The first-order valence-corrected chi connectivity index (χ1v) is 15.1. The van der Waals surface area contributed by atoms with Crippen molar-refractivity contribution in [3.8, 4) is 0 Å². The summed E-state index contributed by atoms with van der Waals surface area (Å²) in [5, 5.41) is 12.8. The molecule has 2 saturated heterocycles. The van der Waals surface area contributed by atoms with Gasteiger partial charge in [-0.1, -0.05) is 72.8 Å². The van der Waals surface area contributed by atoms with Crippen LogP contribution in [0.25, 0.3) is 0 Å². The molecule has 2 aromatic rings. The van der Waals surface area contributed by atoms with E-state index in [0.29, 0.717) is 12.0 Å². The highest BCUT2D eigenvalue weighted by atomic mass is 16.6. The first-order valence-electron chi connectivity index (χ1n) is 15.1. The number of ether oxygens (including phenoxy) is 2. The van der Waals surface area contributed by atoms with Gasteiger partial charge in [-0.25, -0.2) is 0 Å². The minimum absolute atomic E-state index is 0.0721. The van der Waals surface area contributed by atoms with Gasteiger partial charge in [0.25, 0.3) is 5.91 Å². The van der Waals surface area contributed by atoms with Crippen LogP contribution in [0.2, 0.25) is 0 Å². The molecule has 230 valence electrons. The number of nitrogens with zero attached hydrogens (tertiary/aromatic N) is 2. The van der Waals surface area contributed by atoms with Gasteiger partial charge in [0.05, 0.1) is 25.2 Å². The standard InChI is InChI=1S/C34H37N3O7/c1-21-10-8-11-22(2)29(21)36-17-9-16-34-28(31(40)37(18-19-38)30(34)32(36)41)27-24(44-34)14-6-7-15-26(39)35-20-25(43-33(27)42)23-12-4-3-5-13-23/h3-6,8-14,16,24-25,27-28,30,38H,7,15,17-20H2,1-2H3,(H,35,39)/b14-6-/t24-,25+,27+,28+,30-,34+/m1/s1. The van der Waals surface area contributed by atoms with Gasteiger partial charge < -0.3 is 29.7 Å². The summed E-state index contributed by atoms with van der Waals surface area (Å²) in [6, 6.07) is 13.8. The molecule has 44 heavy (non-hydrogen) atoms. The highest BCUT2D eigenvalue weighted by molar-refractivity contribution is 6.06. The monoisotopic (exact) mass is 599 g/mol. The number of rotatable bonds is 4. The summed E-state index contributed by atoms with van der Waals surface area (Å²) in [7, 11) is 0. The Morgan fingerprint density at radius 3 is 2.45 bits per heavy atom. The molecule has 10 heteroatoms. The van der Waals surface area contributed by atoms with Gasteiger partial charge in [0, 0.05) is 25.2 Å². The van der Waals surface area contributed by atoms with Crippen molar-refractivity contribution in [3.63, 3.8) is 0 Å². The summed E-state index contributed by atoms with van der Waals surface area (Å²) >= 11 is 0. The second-order valence-electron chi connectivity index (χ2n) is 11.8. The van der Waals surface area contributed by atoms with Crippen molar-refractivity contribution in [2.45, 2.75) is 50.5 Å². The lowest BCUT2D eigenvalue weighted by atomic mass is 9.77. The van der Waals surface area contributed by atoms with Crippen LogP contribution in [0.1, 0.15) is 35.6 Å². The van der Waals surface area contributed by atoms with Crippen LogP contribution in [-0.2, 0) is 28.7 Å². The van der Waals surface area contributed by atoms with Gasteiger partial charge in [-0.15, -0.1) is 0 Å². The van der Waals surface area contributed by atoms with E-state index >= 15 is 0 Å². The molecule has 0 radical (unpaired) electrons. The number of aliphatic hydroxyl groups is 1. The maximum absolute atomic E-state index is 14.5. The van der Waals surface area contributed by atoms with Crippen LogP contribution >= 0.6 is 0 Å². The molecule has 10 nitrogen and oxygen atoms in total. The number of amides is 3. The van der Waals surface area contributed by atoms with Gasteiger partial charge in [0.1, 0.15) is 23.7 Å². The fourth-order valence-electron chi connectivity index (χ4n) is 7.19. The van der Waals surface area contributed by atoms with Crippen molar-refractivity contribution in [1.29, 1.82) is 0 Å². The van der Waals surface area contributed by atoms with Crippen LogP contribution in [-0.4, -0.2) is 77.7 Å². The molecule has 4 heterocycles. The number of nitrogens with one attached hydrogen (secondary N) is 1. The topological polar surface area (TPSA) is 125 Å². The van der Waals surface area contributed by atoms with Crippen LogP contribution in [0, 0.1) is 25.7 Å². The van der Waals surface area contributed by atoms with E-state index < -0.39 is 47.6 Å². The SMILES string of the molecule is Cc1cccc(C)c1N1CC=C[C@]23O[C@@H]4/C=C\CCC(=O)NC[C@@H](c5ccccc5)OC(=O)[C@@H]4[C@H]2C(=O)N(CCO)[C@@H]3C1=O. The van der Waals surface area contributed by atoms with Crippen molar-refractivity contribution in [1.82, 2.24) is 10.2 Å². The van der Waals surface area contributed by atoms with Gasteiger partial charge in [0.15, 0.2) is 0 Å². The van der Waals surface area contributed by atoms with Crippen LogP contribution in [0.15, 0.2) is 72.8 Å². The van der Waals surface area contributed by atoms with Gasteiger partial charge in [-0.2, -0.15) is 0 Å². The van der Waals surface area contributed by atoms with Gasteiger partial charge in [0.2, 0.25) is 11.8 Å². The molecule has 0 aliphatic carbocycles. The quantitative estimate of drug-likeness (QED) is 0.409. The van der Waals surface area contributed by atoms with Crippen LogP contribution < -0.4 is 10.2 Å². The highest BCUT2D eigenvalue weighted by Crippen LogP contribution is 2.53. The first-order chi connectivity index (χ1) is 21.3. The number of anilines is 1. The number of hydrogen-bond donors (Lipinski definition) is 2. The van der Waals surface area contributed by atoms with E-state index in [0.717, 1.165) is 16.8 Å². The number of carbonyl (C=O) groups excluding carboxylic acids is 4. The number of para-hydroxylation sites is 1. The Hall–Kier alpha value is -4.28. The van der Waals surface area contributed by atoms with E-state index in [1.165, 1.54) is 4.90 Å². The van der Waals surface area contributed by atoms with Crippen LogP contribution in [0.4, 0.5) is 5.69 Å². The lowest BCUT2D eigenvalue weighted by Crippen LogP contribution is -2.56. The van der Waals surface area contributed by atoms with E-state index in [-0.39, 0.29) is 44.5 Å². The van der Waals surface area contributed by atoms with Crippen molar-refractivity contribution in [3.05, 3.63) is 89.5 Å². The Bertz CT molecular complexity index is 1500. The number of aryl methyl sites for hydroxylation is 2. The molecule has 2 aromatic carbocycles. The second-order valence-corrected chi connectivity index (χ2v) is 11.8. The molecule has 0 saturated carbocycles. The molecular formula is C34H37N3O7. The van der Waals surface area contributed by atoms with Crippen molar-refractivity contribution >= 4 is 29.4 Å². The Balaban J connectivity index is 1.43. The second kappa shape index (κ2) is 12.0. The number of carbonyl (C=O) groups is 4. The maximum atomic E-state index is 14.5. The van der Waals surface area contributed by atoms with Crippen LogP contribution in [0.5, 0.6) is 0 Å².